The van der Waals surface area contributed by atoms with Crippen LogP contribution in [0.3, 0.4) is 0 Å². The van der Waals surface area contributed by atoms with Gasteiger partial charge < -0.3 is 33.5 Å². The van der Waals surface area contributed by atoms with Gasteiger partial charge in [0.2, 0.25) is 5.89 Å². The zero-order chi connectivity index (χ0) is 30.3. The van der Waals surface area contributed by atoms with Crippen LogP contribution in [0.5, 0.6) is 0 Å². The molecule has 8 atom stereocenters. The van der Waals surface area contributed by atoms with E-state index in [1.54, 1.807) is 27.0 Å². The average Bonchev–Trinajstić information content (AvgIpc) is 3.34. The molecule has 2 saturated heterocycles. The largest absolute Gasteiger partial charge is 0.469 e. The van der Waals surface area contributed by atoms with Crippen LogP contribution in [0, 0.1) is 11.8 Å². The summed E-state index contributed by atoms with van der Waals surface area (Å²) in [6.45, 7) is 11.4. The highest BCUT2D eigenvalue weighted by molar-refractivity contribution is 7.46. The van der Waals surface area contributed by atoms with E-state index in [9.17, 15) is 24.3 Å². The summed E-state index contributed by atoms with van der Waals surface area (Å²) in [6, 6.07) is 0. The van der Waals surface area contributed by atoms with E-state index in [0.717, 1.165) is 11.1 Å². The Hall–Kier alpha value is -1.85. The zero-order valence-electron chi connectivity index (χ0n) is 24.7. The number of nitrogens with zero attached hydrogens (tertiary/aromatic N) is 1. The van der Waals surface area contributed by atoms with E-state index in [4.69, 9.17) is 23.2 Å². The molecular formula is C29H46NO10P. The van der Waals surface area contributed by atoms with Crippen molar-refractivity contribution in [2.75, 3.05) is 7.11 Å². The maximum absolute atomic E-state index is 13.2. The summed E-state index contributed by atoms with van der Waals surface area (Å²) in [5, 5.41) is 10.9. The van der Waals surface area contributed by atoms with Crippen molar-refractivity contribution in [2.45, 2.75) is 116 Å². The van der Waals surface area contributed by atoms with E-state index in [1.807, 2.05) is 13.8 Å². The molecule has 41 heavy (non-hydrogen) atoms. The van der Waals surface area contributed by atoms with Crippen molar-refractivity contribution in [3.05, 3.63) is 35.6 Å². The van der Waals surface area contributed by atoms with Crippen molar-refractivity contribution in [3.8, 4) is 0 Å². The lowest BCUT2D eigenvalue weighted by atomic mass is 9.87. The molecule has 2 fully saturated rings. The molecule has 11 nitrogen and oxygen atoms in total. The lowest BCUT2D eigenvalue weighted by molar-refractivity contribution is -0.156. The molecule has 0 spiro atoms. The molecule has 2 aliphatic heterocycles. The van der Waals surface area contributed by atoms with Gasteiger partial charge in [-0.25, -0.2) is 9.55 Å². The standard InChI is InChI=1S/C29H46NO10P/c1-17-10-23-9-7-8-22(31)14-27(25-16-37-28(30-25)13-18(2)21(5)36-6)39-29(32)20(4)12-19(3)26(40-41(33,34)35)15-24(11-17)38-23/h13,16,19-24,26-27,31H,1,7-12,14-15H2,2-6H3,(H2,33,34,35)/t19-,20-,21+,22-,23+,24+,26-,27-/m0/s1. The summed E-state index contributed by atoms with van der Waals surface area (Å²) in [5.74, 6) is -1.19. The molecule has 0 aromatic carbocycles. The normalized spacial score (nSPS) is 32.4. The Morgan fingerprint density at radius 3 is 2.59 bits per heavy atom. The molecule has 3 heterocycles. The Kier molecular flexibility index (Phi) is 12.4. The number of hydrogen-bond acceptors (Lipinski definition) is 9. The van der Waals surface area contributed by atoms with Gasteiger partial charge in [-0.15, -0.1) is 0 Å². The number of rotatable bonds is 6. The summed E-state index contributed by atoms with van der Waals surface area (Å²) >= 11 is 0. The number of aromatic nitrogens is 1. The number of esters is 1. The van der Waals surface area contributed by atoms with E-state index in [0.29, 0.717) is 43.7 Å². The lowest BCUT2D eigenvalue weighted by Gasteiger charge is -2.35. The van der Waals surface area contributed by atoms with Gasteiger partial charge in [-0.05, 0) is 63.9 Å². The number of cyclic esters (lactones) is 1. The van der Waals surface area contributed by atoms with Crippen LogP contribution < -0.4 is 0 Å². The minimum atomic E-state index is -4.79. The van der Waals surface area contributed by atoms with Gasteiger partial charge >= 0.3 is 13.8 Å². The maximum Gasteiger partial charge on any atom is 0.469 e. The second-order valence-electron chi connectivity index (χ2n) is 11.6. The second-order valence-corrected chi connectivity index (χ2v) is 12.8. The molecule has 0 saturated carbocycles. The number of aliphatic hydroxyl groups excluding tert-OH is 1. The molecule has 0 aliphatic carbocycles. The second kappa shape index (κ2) is 15.0. The van der Waals surface area contributed by atoms with Crippen LogP contribution in [-0.4, -0.2) is 63.5 Å². The number of ether oxygens (including phenoxy) is 3. The smallest absolute Gasteiger partial charge is 0.455 e. The van der Waals surface area contributed by atoms with E-state index in [1.165, 1.54) is 6.26 Å². The van der Waals surface area contributed by atoms with Crippen LogP contribution in [0.2, 0.25) is 0 Å². The number of phosphoric ester groups is 1. The Morgan fingerprint density at radius 2 is 1.90 bits per heavy atom. The van der Waals surface area contributed by atoms with Gasteiger partial charge in [0.1, 0.15) is 18.1 Å². The molecule has 232 valence electrons. The molecule has 3 rings (SSSR count). The third-order valence-corrected chi connectivity index (χ3v) is 8.52. The molecule has 0 radical (unpaired) electrons. The van der Waals surface area contributed by atoms with E-state index >= 15 is 0 Å². The number of carbonyl (C=O) groups excluding carboxylic acids is 1. The Bertz CT molecular complexity index is 1100. The lowest BCUT2D eigenvalue weighted by Crippen LogP contribution is -2.35. The topological polar surface area (TPSA) is 158 Å². The first kappa shape index (κ1) is 33.6. The maximum atomic E-state index is 13.2. The predicted molar refractivity (Wildman–Crippen MR) is 151 cm³/mol. The number of carbonyl (C=O) groups is 1. The van der Waals surface area contributed by atoms with Gasteiger partial charge in [0.05, 0.1) is 36.4 Å². The van der Waals surface area contributed by atoms with Crippen LogP contribution in [0.15, 0.2) is 28.4 Å². The van der Waals surface area contributed by atoms with Gasteiger partial charge in [-0.3, -0.25) is 9.32 Å². The molecule has 0 unspecified atom stereocenters. The third kappa shape index (κ3) is 10.7. The van der Waals surface area contributed by atoms with Gasteiger partial charge in [0.15, 0.2) is 0 Å². The number of aliphatic hydroxyl groups is 1. The average molecular weight is 600 g/mol. The van der Waals surface area contributed by atoms with Gasteiger partial charge in [0.25, 0.3) is 0 Å². The molecule has 2 bridgehead atoms. The quantitative estimate of drug-likeness (QED) is 0.222. The molecule has 1 aromatic rings. The van der Waals surface area contributed by atoms with E-state index < -0.39 is 43.9 Å². The highest BCUT2D eigenvalue weighted by Crippen LogP contribution is 2.43. The number of methoxy groups -OCH3 is 1. The minimum Gasteiger partial charge on any atom is -0.455 e. The molecule has 3 N–H and O–H groups in total. The third-order valence-electron chi connectivity index (χ3n) is 7.97. The first-order valence-electron chi connectivity index (χ1n) is 14.3. The molecule has 1 aromatic heterocycles. The van der Waals surface area contributed by atoms with Crippen molar-refractivity contribution >= 4 is 19.9 Å². The summed E-state index contributed by atoms with van der Waals surface area (Å²) in [4.78, 5) is 36.9. The Morgan fingerprint density at radius 1 is 1.20 bits per heavy atom. The van der Waals surface area contributed by atoms with Gasteiger partial charge in [-0.1, -0.05) is 26.0 Å². The van der Waals surface area contributed by atoms with Crippen LogP contribution >= 0.6 is 7.82 Å². The SMILES string of the molecule is C=C1C[C@H]2CCC[C@H](O)C[C@@H](c3coc(C=C(C)[C@@H](C)OC)n3)OC(=O)[C@@H](C)C[C@H](C)[C@@H](OP(=O)(O)O)C[C@@H](C1)O2. The fourth-order valence-corrected chi connectivity index (χ4v) is 6.12. The van der Waals surface area contributed by atoms with Crippen LogP contribution in [0.4, 0.5) is 0 Å². The molecule has 0 amide bonds. The first-order chi connectivity index (χ1) is 19.2. The summed E-state index contributed by atoms with van der Waals surface area (Å²) in [6.07, 6.45) is 3.96. The summed E-state index contributed by atoms with van der Waals surface area (Å²) in [5.41, 5.74) is 2.30. The number of fused-ring (bicyclic) bond motifs is 2. The highest BCUT2D eigenvalue weighted by atomic mass is 31.2. The Labute approximate surface area is 242 Å². The highest BCUT2D eigenvalue weighted by Gasteiger charge is 2.35. The van der Waals surface area contributed by atoms with Gasteiger partial charge in [0, 0.05) is 26.0 Å². The molecular weight excluding hydrogens is 553 g/mol. The van der Waals surface area contributed by atoms with Crippen LogP contribution in [-0.2, 0) is 28.1 Å². The summed E-state index contributed by atoms with van der Waals surface area (Å²) in [7, 11) is -3.18. The summed E-state index contributed by atoms with van der Waals surface area (Å²) < 4.78 is 40.1. The zero-order valence-corrected chi connectivity index (χ0v) is 25.6. The first-order valence-corrected chi connectivity index (χ1v) is 15.9. The fraction of sp³-hybridized carbons (Fsp3) is 0.724. The molecule has 2 aliphatic rings. The van der Waals surface area contributed by atoms with Crippen molar-refractivity contribution in [1.82, 2.24) is 4.98 Å². The monoisotopic (exact) mass is 599 g/mol. The van der Waals surface area contributed by atoms with E-state index in [-0.39, 0.29) is 37.6 Å². The van der Waals surface area contributed by atoms with Crippen molar-refractivity contribution in [2.24, 2.45) is 11.8 Å². The number of hydrogen-bond donors (Lipinski definition) is 3. The molecule has 12 heteroatoms. The van der Waals surface area contributed by atoms with Crippen molar-refractivity contribution < 1.29 is 47.4 Å². The predicted octanol–water partition coefficient (Wildman–Crippen LogP) is 5.27. The Balaban J connectivity index is 1.85. The van der Waals surface area contributed by atoms with Crippen LogP contribution in [0.25, 0.3) is 6.08 Å². The van der Waals surface area contributed by atoms with E-state index in [2.05, 4.69) is 11.6 Å². The minimum absolute atomic E-state index is 0.109. The van der Waals surface area contributed by atoms with Gasteiger partial charge in [-0.2, -0.15) is 0 Å². The van der Waals surface area contributed by atoms with Crippen molar-refractivity contribution in [1.29, 1.82) is 0 Å². The number of oxazole rings is 1. The van der Waals surface area contributed by atoms with Crippen LogP contribution in [0.1, 0.15) is 96.8 Å². The van der Waals surface area contributed by atoms with Crippen molar-refractivity contribution in [3.63, 3.8) is 0 Å². The fourth-order valence-electron chi connectivity index (χ4n) is 5.47. The number of phosphoric acid groups is 1.